The number of amides is 8. The molecule has 3 aliphatic heterocycles. The maximum absolute atomic E-state index is 14.7. The van der Waals surface area contributed by atoms with Gasteiger partial charge in [0.05, 0.1) is 30.7 Å². The number of piperazine rings is 1. The quantitative estimate of drug-likeness (QED) is 0.0609. The second-order valence-corrected chi connectivity index (χ2v) is 22.8. The smallest absolute Gasteiger partial charge is 0.246 e. The number of benzene rings is 2. The van der Waals surface area contributed by atoms with E-state index in [1.165, 1.54) is 11.1 Å². The molecule has 5 aliphatic rings. The second kappa shape index (κ2) is 31.3. The van der Waals surface area contributed by atoms with E-state index in [4.69, 9.17) is 0 Å². The Bertz CT molecular complexity index is 2410. The van der Waals surface area contributed by atoms with Gasteiger partial charge in [0.1, 0.15) is 24.2 Å². The minimum atomic E-state index is -1.08. The predicted molar refractivity (Wildman–Crippen MR) is 307 cm³/mol. The van der Waals surface area contributed by atoms with E-state index in [9.17, 15) is 38.4 Å². The topological polar surface area (TPSA) is 263 Å². The molecule has 0 aromatic heterocycles. The average Bonchev–Trinajstić information content (AvgIpc) is 3.49. The summed E-state index contributed by atoms with van der Waals surface area (Å²) in [7, 11) is 3.38. The highest BCUT2D eigenvalue weighted by molar-refractivity contribution is 5.95. The van der Waals surface area contributed by atoms with E-state index in [2.05, 4.69) is 65.3 Å². The molecule has 8 amide bonds. The van der Waals surface area contributed by atoms with Crippen molar-refractivity contribution in [3.05, 3.63) is 70.8 Å². The SMILES string of the molecule is CN[C@@H](C)C(=O)N[C@H](C(=O)N[C@@H](CNC(=O)CCCCCCCCC(=O)N1CCN(C(=O)[C@@H](NC(=O)[C@H](C)NC)C2CCNCC2)[C@H](C(=O)N[C@@H]2CCCc3ccccc32)C1)C(=O)N[C@@H]1CCCc2ccccc21)C1CCNCC1. The Morgan fingerprint density at radius 1 is 0.575 bits per heavy atom. The van der Waals surface area contributed by atoms with Crippen LogP contribution >= 0.6 is 0 Å². The van der Waals surface area contributed by atoms with Crippen LogP contribution in [0.2, 0.25) is 0 Å². The summed E-state index contributed by atoms with van der Waals surface area (Å²) in [5.41, 5.74) is 4.50. The highest BCUT2D eigenvalue weighted by Crippen LogP contribution is 2.32. The van der Waals surface area contributed by atoms with Crippen LogP contribution in [0.4, 0.5) is 0 Å². The molecule has 0 bridgehead atoms. The number of nitrogens with one attached hydrogen (secondary N) is 10. The van der Waals surface area contributed by atoms with Crippen molar-refractivity contribution < 1.29 is 38.4 Å². The van der Waals surface area contributed by atoms with Gasteiger partial charge < -0.3 is 63.0 Å². The molecular formula is C60H92N12O8. The fourth-order valence-electron chi connectivity index (χ4n) is 12.2. The summed E-state index contributed by atoms with van der Waals surface area (Å²) in [5, 5.41) is 30.8. The van der Waals surface area contributed by atoms with Crippen LogP contribution in [0.1, 0.15) is 151 Å². The molecule has 2 aromatic rings. The first-order chi connectivity index (χ1) is 38.8. The van der Waals surface area contributed by atoms with Crippen LogP contribution in [0.25, 0.3) is 0 Å². The number of carbonyl (C=O) groups is 8. The van der Waals surface area contributed by atoms with Gasteiger partial charge >= 0.3 is 0 Å². The summed E-state index contributed by atoms with van der Waals surface area (Å²) in [6.07, 6.45) is 13.1. The van der Waals surface area contributed by atoms with Crippen molar-refractivity contribution in [3.63, 3.8) is 0 Å². The molecule has 3 saturated heterocycles. The van der Waals surface area contributed by atoms with Crippen molar-refractivity contribution >= 4 is 47.3 Å². The van der Waals surface area contributed by atoms with Crippen molar-refractivity contribution in [2.45, 2.75) is 178 Å². The zero-order valence-electron chi connectivity index (χ0n) is 47.9. The Labute approximate surface area is 473 Å². The number of rotatable bonds is 26. The number of aryl methyl sites for hydroxylation is 2. The summed E-state index contributed by atoms with van der Waals surface area (Å²) < 4.78 is 0. The number of fused-ring (bicyclic) bond motifs is 2. The third kappa shape index (κ3) is 17.3. The zero-order chi connectivity index (χ0) is 57.0. The lowest BCUT2D eigenvalue weighted by atomic mass is 9.87. The van der Waals surface area contributed by atoms with Crippen molar-refractivity contribution in [2.75, 3.05) is 66.5 Å². The molecular weight excluding hydrogens is 1020 g/mol. The monoisotopic (exact) mass is 1110 g/mol. The van der Waals surface area contributed by atoms with E-state index in [0.717, 1.165) is 88.4 Å². The second-order valence-electron chi connectivity index (χ2n) is 22.8. The van der Waals surface area contributed by atoms with Gasteiger partial charge in [0.25, 0.3) is 0 Å². The molecule has 0 spiro atoms. The largest absolute Gasteiger partial charge is 0.353 e. The van der Waals surface area contributed by atoms with Crippen LogP contribution in [0.15, 0.2) is 48.5 Å². The number of unbranched alkanes of at least 4 members (excludes halogenated alkanes) is 5. The molecule has 2 aliphatic carbocycles. The van der Waals surface area contributed by atoms with E-state index < -0.39 is 48.1 Å². The van der Waals surface area contributed by atoms with Crippen LogP contribution < -0.4 is 53.2 Å². The Hall–Kier alpha value is -5.96. The lowest BCUT2D eigenvalue weighted by molar-refractivity contribution is -0.151. The fourth-order valence-corrected chi connectivity index (χ4v) is 12.2. The Morgan fingerprint density at radius 2 is 1.09 bits per heavy atom. The molecule has 20 nitrogen and oxygen atoms in total. The van der Waals surface area contributed by atoms with Crippen molar-refractivity contribution in [2.24, 2.45) is 11.8 Å². The molecule has 8 atom stereocenters. The number of hydrogen-bond donors (Lipinski definition) is 10. The molecule has 0 saturated carbocycles. The maximum Gasteiger partial charge on any atom is 0.246 e. The lowest BCUT2D eigenvalue weighted by Gasteiger charge is -2.44. The van der Waals surface area contributed by atoms with Crippen molar-refractivity contribution in [1.29, 1.82) is 0 Å². The van der Waals surface area contributed by atoms with Crippen LogP contribution in [-0.4, -0.2) is 160 Å². The summed E-state index contributed by atoms with van der Waals surface area (Å²) in [4.78, 5) is 114. The van der Waals surface area contributed by atoms with Gasteiger partial charge in [0.15, 0.2) is 0 Å². The van der Waals surface area contributed by atoms with Gasteiger partial charge in [-0.25, -0.2) is 0 Å². The van der Waals surface area contributed by atoms with Crippen molar-refractivity contribution in [3.8, 4) is 0 Å². The van der Waals surface area contributed by atoms with Gasteiger partial charge in [-0.05, 0) is 165 Å². The molecule has 440 valence electrons. The Kier molecular flexibility index (Phi) is 24.1. The molecule has 0 radical (unpaired) electrons. The lowest BCUT2D eigenvalue weighted by Crippen LogP contribution is -2.66. The number of carbonyl (C=O) groups excluding carboxylic acids is 8. The standard InChI is InChI=1S/C60H92N12O8/c1-39(61-3)55(75)69-53(43-27-31-63-32-28-43)59(79)68-49(57(77)66-47-23-15-19-41-17-11-13-21-45(41)47)37-65-51(73)25-9-7-5-6-8-10-26-52(74)71-35-36-72(60(80)54(44-29-33-64-34-30-44)70-56(76)40(2)62-4)50(38-71)58(78)67-48-24-16-20-42-18-12-14-22-46(42)48/h11-14,17-18,21-22,39-40,43-44,47-50,53-54,61-64H,5-10,15-16,19-20,23-38H2,1-4H3,(H,65,73)(H,66,77)(H,67,78)(H,68,79)(H,69,75)(H,70,76)/t39-,40-,47+,48+,49-,50-,53-,54-/m0/s1. The summed E-state index contributed by atoms with van der Waals surface area (Å²) in [6, 6.07) is 11.0. The van der Waals surface area contributed by atoms with Crippen LogP contribution in [0.3, 0.4) is 0 Å². The number of piperidine rings is 2. The molecule has 0 unspecified atom stereocenters. The molecule has 3 heterocycles. The highest BCUT2D eigenvalue weighted by Gasteiger charge is 2.43. The predicted octanol–water partition coefficient (Wildman–Crippen LogP) is 2.32. The number of likely N-dealkylation sites (N-methyl/N-ethyl adjacent to an activating group) is 2. The molecule has 7 rings (SSSR count). The van der Waals surface area contributed by atoms with Gasteiger partial charge in [0, 0.05) is 32.5 Å². The number of nitrogens with zero attached hydrogens (tertiary/aromatic N) is 2. The van der Waals surface area contributed by atoms with Gasteiger partial charge in [-0.1, -0.05) is 74.2 Å². The average molecular weight is 1110 g/mol. The minimum absolute atomic E-state index is 0.0624. The van der Waals surface area contributed by atoms with E-state index in [0.29, 0.717) is 58.0 Å². The molecule has 10 N–H and O–H groups in total. The molecule has 80 heavy (non-hydrogen) atoms. The van der Waals surface area contributed by atoms with Crippen LogP contribution in [0.5, 0.6) is 0 Å². The van der Waals surface area contributed by atoms with Crippen LogP contribution in [-0.2, 0) is 51.2 Å². The fraction of sp³-hybridized carbons (Fsp3) is 0.667. The van der Waals surface area contributed by atoms with Crippen LogP contribution in [0, 0.1) is 11.8 Å². The Balaban J connectivity index is 0.894. The first-order valence-electron chi connectivity index (χ1n) is 30.0. The maximum atomic E-state index is 14.7. The van der Waals surface area contributed by atoms with Crippen molar-refractivity contribution in [1.82, 2.24) is 63.0 Å². The van der Waals surface area contributed by atoms with Gasteiger partial charge in [-0.3, -0.25) is 38.4 Å². The van der Waals surface area contributed by atoms with Gasteiger partial charge in [-0.15, -0.1) is 0 Å². The molecule has 3 fully saturated rings. The minimum Gasteiger partial charge on any atom is -0.353 e. The number of hydrogen-bond acceptors (Lipinski definition) is 12. The molecule has 20 heteroatoms. The van der Waals surface area contributed by atoms with E-state index in [1.54, 1.807) is 37.7 Å². The zero-order valence-corrected chi connectivity index (χ0v) is 47.9. The van der Waals surface area contributed by atoms with E-state index >= 15 is 0 Å². The first-order valence-corrected chi connectivity index (χ1v) is 30.0. The third-order valence-corrected chi connectivity index (χ3v) is 17.4. The molecule has 2 aromatic carbocycles. The highest BCUT2D eigenvalue weighted by atomic mass is 16.2. The van der Waals surface area contributed by atoms with Gasteiger partial charge in [0.2, 0.25) is 47.3 Å². The summed E-state index contributed by atoms with van der Waals surface area (Å²) in [5.74, 6) is -2.60. The van der Waals surface area contributed by atoms with Gasteiger partial charge in [-0.2, -0.15) is 0 Å². The normalized spacial score (nSPS) is 21.5. The summed E-state index contributed by atoms with van der Waals surface area (Å²) in [6.45, 7) is 6.73. The summed E-state index contributed by atoms with van der Waals surface area (Å²) >= 11 is 0. The first kappa shape index (κ1) is 61.7. The van der Waals surface area contributed by atoms with E-state index in [1.807, 2.05) is 36.4 Å². The Morgan fingerprint density at radius 3 is 1.66 bits per heavy atom. The van der Waals surface area contributed by atoms with E-state index in [-0.39, 0.29) is 92.0 Å². The third-order valence-electron chi connectivity index (χ3n) is 17.4.